The molecule has 124 valence electrons. The number of carbonyl (C=O) groups excluding carboxylic acids is 2. The van der Waals surface area contributed by atoms with Gasteiger partial charge >= 0.3 is 0 Å². The van der Waals surface area contributed by atoms with Crippen molar-refractivity contribution in [1.29, 1.82) is 0 Å². The number of rotatable bonds is 2. The number of nitrogens with zero attached hydrogens (tertiary/aromatic N) is 3. The van der Waals surface area contributed by atoms with E-state index in [1.807, 2.05) is 17.1 Å². The third-order valence-corrected chi connectivity index (χ3v) is 4.52. The largest absolute Gasteiger partial charge is 0.324 e. The zero-order chi connectivity index (χ0) is 17.3. The fourth-order valence-electron chi connectivity index (χ4n) is 2.95. The van der Waals surface area contributed by atoms with Crippen molar-refractivity contribution in [3.63, 3.8) is 0 Å². The van der Waals surface area contributed by atoms with Crippen LogP contribution in [0.4, 0.5) is 5.69 Å². The summed E-state index contributed by atoms with van der Waals surface area (Å²) >= 11 is 6.10. The smallest absolute Gasteiger partial charge is 0.298 e. The van der Waals surface area contributed by atoms with Crippen molar-refractivity contribution in [3.8, 4) is 12.3 Å². The second-order valence-electron chi connectivity index (χ2n) is 5.67. The fraction of sp³-hybridized carbons (Fsp3) is 0.294. The number of hydrazine groups is 1. The molecule has 1 saturated heterocycles. The fourth-order valence-corrected chi connectivity index (χ4v) is 3.14. The molecule has 1 N–H and O–H groups in total. The van der Waals surface area contributed by atoms with Gasteiger partial charge in [-0.15, -0.1) is 6.42 Å². The molecule has 0 saturated carbocycles. The first kappa shape index (κ1) is 16.4. The molecule has 0 spiro atoms. The maximum atomic E-state index is 12.7. The molecule has 2 amide bonds. The standard InChI is InChI=1S/C17H17ClN4O2/c1-3-16(23)21-8-9-22-15(11-21)12(10-20(22)2)17(24)19-14-7-5-4-6-13(14)18/h1,4-7H,8-11H2,2H3,(H,19,24). The lowest BCUT2D eigenvalue weighted by atomic mass is 10.1. The molecule has 6 nitrogen and oxygen atoms in total. The summed E-state index contributed by atoms with van der Waals surface area (Å²) in [6.45, 7) is 1.96. The summed E-state index contributed by atoms with van der Waals surface area (Å²) in [5, 5.41) is 7.30. The third kappa shape index (κ3) is 2.96. The summed E-state index contributed by atoms with van der Waals surface area (Å²) in [7, 11) is 1.91. The average Bonchev–Trinajstić information content (AvgIpc) is 2.92. The molecule has 2 aliphatic heterocycles. The number of terminal acetylenes is 1. The Morgan fingerprint density at radius 2 is 2.00 bits per heavy atom. The molecular weight excluding hydrogens is 328 g/mol. The Morgan fingerprint density at radius 3 is 2.71 bits per heavy atom. The summed E-state index contributed by atoms with van der Waals surface area (Å²) < 4.78 is 0. The monoisotopic (exact) mass is 344 g/mol. The minimum atomic E-state index is -0.359. The van der Waals surface area contributed by atoms with E-state index in [4.69, 9.17) is 18.0 Å². The Bertz CT molecular complexity index is 768. The van der Waals surface area contributed by atoms with E-state index in [0.717, 1.165) is 5.70 Å². The molecule has 24 heavy (non-hydrogen) atoms. The zero-order valence-electron chi connectivity index (χ0n) is 13.3. The Morgan fingerprint density at radius 1 is 1.25 bits per heavy atom. The molecule has 0 aliphatic carbocycles. The van der Waals surface area contributed by atoms with Crippen LogP contribution < -0.4 is 5.32 Å². The van der Waals surface area contributed by atoms with Crippen LogP contribution in [0.3, 0.4) is 0 Å². The van der Waals surface area contributed by atoms with Gasteiger partial charge in [-0.1, -0.05) is 23.7 Å². The van der Waals surface area contributed by atoms with Crippen LogP contribution in [-0.4, -0.2) is 60.0 Å². The molecule has 0 bridgehead atoms. The van der Waals surface area contributed by atoms with Gasteiger partial charge in [0.2, 0.25) is 0 Å². The number of anilines is 1. The third-order valence-electron chi connectivity index (χ3n) is 4.19. The molecule has 3 rings (SSSR count). The molecule has 1 fully saturated rings. The van der Waals surface area contributed by atoms with Crippen molar-refractivity contribution in [2.75, 3.05) is 38.5 Å². The van der Waals surface area contributed by atoms with E-state index in [2.05, 4.69) is 11.2 Å². The first-order valence-electron chi connectivity index (χ1n) is 7.53. The van der Waals surface area contributed by atoms with Crippen molar-refractivity contribution < 1.29 is 9.59 Å². The summed E-state index contributed by atoms with van der Waals surface area (Å²) in [4.78, 5) is 26.0. The first-order chi connectivity index (χ1) is 11.5. The Kier molecular flexibility index (Phi) is 4.47. The number of hydrogen-bond acceptors (Lipinski definition) is 4. The highest BCUT2D eigenvalue weighted by Gasteiger charge is 2.36. The molecule has 2 heterocycles. The number of hydrogen-bond donors (Lipinski definition) is 1. The predicted octanol–water partition coefficient (Wildman–Crippen LogP) is 1.17. The number of fused-ring (bicyclic) bond motifs is 1. The van der Waals surface area contributed by atoms with Crippen LogP contribution in [0.25, 0.3) is 0 Å². The molecular formula is C17H17ClN4O2. The van der Waals surface area contributed by atoms with Gasteiger partial charge in [-0.3, -0.25) is 9.59 Å². The molecule has 0 aromatic heterocycles. The number of benzene rings is 1. The molecule has 1 aromatic rings. The lowest BCUT2D eigenvalue weighted by molar-refractivity contribution is -0.127. The van der Waals surface area contributed by atoms with Crippen LogP contribution in [0.5, 0.6) is 0 Å². The SMILES string of the molecule is C#CC(=O)N1CCN2C(=C(C(=O)Nc3ccccc3Cl)CN2C)C1. The number of halogens is 1. The molecule has 2 aliphatic rings. The number of likely N-dealkylation sites (N-methyl/N-ethyl adjacent to an activating group) is 1. The van der Waals surface area contributed by atoms with Gasteiger partial charge in [-0.2, -0.15) is 0 Å². The van der Waals surface area contributed by atoms with Crippen molar-refractivity contribution in [3.05, 3.63) is 40.6 Å². The summed E-state index contributed by atoms with van der Waals surface area (Å²) in [5.41, 5.74) is 1.98. The van der Waals surface area contributed by atoms with Crippen LogP contribution in [0.15, 0.2) is 35.5 Å². The van der Waals surface area contributed by atoms with E-state index in [1.165, 1.54) is 0 Å². The molecule has 0 atom stereocenters. The van der Waals surface area contributed by atoms with Gasteiger partial charge in [0.15, 0.2) is 0 Å². The van der Waals surface area contributed by atoms with E-state index >= 15 is 0 Å². The average molecular weight is 345 g/mol. The first-order valence-corrected chi connectivity index (χ1v) is 7.91. The Labute approximate surface area is 145 Å². The topological polar surface area (TPSA) is 55.9 Å². The van der Waals surface area contributed by atoms with Gasteiger partial charge in [-0.05, 0) is 18.1 Å². The van der Waals surface area contributed by atoms with Gasteiger partial charge in [0.05, 0.1) is 41.6 Å². The van der Waals surface area contributed by atoms with Gasteiger partial charge in [0.1, 0.15) is 0 Å². The molecule has 0 unspecified atom stereocenters. The zero-order valence-corrected chi connectivity index (χ0v) is 14.0. The quantitative estimate of drug-likeness (QED) is 0.818. The van der Waals surface area contributed by atoms with Crippen LogP contribution in [0.2, 0.25) is 5.02 Å². The number of nitrogens with one attached hydrogen (secondary N) is 1. The maximum Gasteiger partial charge on any atom is 0.298 e. The molecule has 0 radical (unpaired) electrons. The van der Waals surface area contributed by atoms with Crippen molar-refractivity contribution in [1.82, 2.24) is 14.9 Å². The van der Waals surface area contributed by atoms with Crippen molar-refractivity contribution >= 4 is 29.1 Å². The highest BCUT2D eigenvalue weighted by molar-refractivity contribution is 6.33. The van der Waals surface area contributed by atoms with E-state index < -0.39 is 0 Å². The van der Waals surface area contributed by atoms with Gasteiger partial charge in [0, 0.05) is 13.6 Å². The Balaban J connectivity index is 1.85. The maximum absolute atomic E-state index is 12.7. The van der Waals surface area contributed by atoms with Crippen molar-refractivity contribution in [2.24, 2.45) is 0 Å². The number of carbonyl (C=O) groups is 2. The van der Waals surface area contributed by atoms with E-state index in [0.29, 0.717) is 42.5 Å². The number of piperazine rings is 1. The lowest BCUT2D eigenvalue weighted by Gasteiger charge is -2.37. The summed E-state index contributed by atoms with van der Waals surface area (Å²) in [6, 6.07) is 7.07. The van der Waals surface area contributed by atoms with Gasteiger partial charge in [-0.25, -0.2) is 5.01 Å². The summed E-state index contributed by atoms with van der Waals surface area (Å²) in [5.74, 6) is 1.55. The predicted molar refractivity (Wildman–Crippen MR) is 91.9 cm³/mol. The lowest BCUT2D eigenvalue weighted by Crippen LogP contribution is -2.49. The van der Waals surface area contributed by atoms with Crippen LogP contribution in [-0.2, 0) is 9.59 Å². The number of amides is 2. The van der Waals surface area contributed by atoms with E-state index in [9.17, 15) is 9.59 Å². The van der Waals surface area contributed by atoms with E-state index in [-0.39, 0.29) is 11.8 Å². The van der Waals surface area contributed by atoms with E-state index in [1.54, 1.807) is 29.2 Å². The molecule has 7 heteroatoms. The normalized spacial score (nSPS) is 17.5. The second-order valence-corrected chi connectivity index (χ2v) is 6.08. The minimum Gasteiger partial charge on any atom is -0.324 e. The van der Waals surface area contributed by atoms with Crippen molar-refractivity contribution in [2.45, 2.75) is 0 Å². The van der Waals surface area contributed by atoms with Crippen LogP contribution in [0, 0.1) is 12.3 Å². The molecule has 1 aromatic carbocycles. The minimum absolute atomic E-state index is 0.220. The highest BCUT2D eigenvalue weighted by atomic mass is 35.5. The van der Waals surface area contributed by atoms with Crippen LogP contribution >= 0.6 is 11.6 Å². The van der Waals surface area contributed by atoms with Gasteiger partial charge < -0.3 is 15.2 Å². The number of para-hydroxylation sites is 1. The highest BCUT2D eigenvalue weighted by Crippen LogP contribution is 2.28. The second kappa shape index (κ2) is 6.56. The summed E-state index contributed by atoms with van der Waals surface area (Å²) in [6.07, 6.45) is 5.21. The Hall–Kier alpha value is -2.49. The van der Waals surface area contributed by atoms with Gasteiger partial charge in [0.25, 0.3) is 11.8 Å². The van der Waals surface area contributed by atoms with Crippen LogP contribution in [0.1, 0.15) is 0 Å².